The Labute approximate surface area is 128 Å². The molecule has 1 N–H and O–H groups in total. The van der Waals surface area contributed by atoms with Gasteiger partial charge in [0.2, 0.25) is 0 Å². The minimum Gasteiger partial charge on any atom is -0.312 e. The first kappa shape index (κ1) is 13.8. The number of hydrogen-bond acceptors (Lipinski definition) is 2. The van der Waals surface area contributed by atoms with Gasteiger partial charge < -0.3 is 5.32 Å². The quantitative estimate of drug-likeness (QED) is 0.887. The van der Waals surface area contributed by atoms with Gasteiger partial charge in [-0.2, -0.15) is 0 Å². The first-order valence-electron chi connectivity index (χ1n) is 8.92. The summed E-state index contributed by atoms with van der Waals surface area (Å²) in [6.07, 6.45) is 8.23. The average Bonchev–Trinajstić information content (AvgIpc) is 3.19. The average molecular weight is 284 g/mol. The lowest BCUT2D eigenvalue weighted by Crippen LogP contribution is -2.46. The number of fused-ring (bicyclic) bond motifs is 1. The van der Waals surface area contributed by atoms with Crippen LogP contribution in [-0.4, -0.2) is 30.1 Å². The van der Waals surface area contributed by atoms with Gasteiger partial charge in [0.15, 0.2) is 0 Å². The lowest BCUT2D eigenvalue weighted by Gasteiger charge is -2.40. The predicted octanol–water partition coefficient (Wildman–Crippen LogP) is 3.84. The highest BCUT2D eigenvalue weighted by Crippen LogP contribution is 2.43. The Hall–Kier alpha value is -0.860. The maximum absolute atomic E-state index is 3.76. The molecule has 2 saturated heterocycles. The van der Waals surface area contributed by atoms with Crippen molar-refractivity contribution in [3.63, 3.8) is 0 Å². The van der Waals surface area contributed by atoms with Gasteiger partial charge in [0.25, 0.3) is 0 Å². The van der Waals surface area contributed by atoms with Crippen LogP contribution in [-0.2, 0) is 0 Å². The van der Waals surface area contributed by atoms with Crippen LogP contribution in [0, 0.1) is 0 Å². The Morgan fingerprint density at radius 2 is 1.86 bits per heavy atom. The van der Waals surface area contributed by atoms with Gasteiger partial charge in [0.05, 0.1) is 0 Å². The minimum atomic E-state index is 0.673. The van der Waals surface area contributed by atoms with E-state index < -0.39 is 0 Å². The maximum atomic E-state index is 3.76. The van der Waals surface area contributed by atoms with E-state index in [-0.39, 0.29) is 0 Å². The molecule has 4 unspecified atom stereocenters. The normalized spacial score (nSPS) is 36.8. The van der Waals surface area contributed by atoms with E-state index in [1.807, 2.05) is 0 Å². The fourth-order valence-electron chi connectivity index (χ4n) is 5.00. The third kappa shape index (κ3) is 2.43. The van der Waals surface area contributed by atoms with Gasteiger partial charge in [-0.05, 0) is 68.7 Å². The SMILES string of the molecule is CC1CCC(N2CCCC2C2CCCN2)c2ccccc21. The molecule has 0 radical (unpaired) electrons. The molecular weight excluding hydrogens is 256 g/mol. The van der Waals surface area contributed by atoms with Crippen LogP contribution in [0.4, 0.5) is 0 Å². The van der Waals surface area contributed by atoms with Crippen molar-refractivity contribution in [1.82, 2.24) is 10.2 Å². The summed E-state index contributed by atoms with van der Waals surface area (Å²) in [5, 5.41) is 3.76. The second kappa shape index (κ2) is 5.73. The van der Waals surface area contributed by atoms with E-state index in [4.69, 9.17) is 0 Å². The van der Waals surface area contributed by atoms with Gasteiger partial charge in [0.1, 0.15) is 0 Å². The Balaban J connectivity index is 1.62. The summed E-state index contributed by atoms with van der Waals surface area (Å²) in [6.45, 7) is 4.93. The van der Waals surface area contributed by atoms with E-state index in [0.717, 1.165) is 18.0 Å². The van der Waals surface area contributed by atoms with Crippen LogP contribution in [0.1, 0.15) is 68.5 Å². The lowest BCUT2D eigenvalue weighted by molar-refractivity contribution is 0.136. The molecule has 2 aliphatic heterocycles. The molecular formula is C19H28N2. The molecule has 0 bridgehead atoms. The van der Waals surface area contributed by atoms with Gasteiger partial charge in [-0.15, -0.1) is 0 Å². The van der Waals surface area contributed by atoms with E-state index in [2.05, 4.69) is 41.4 Å². The first-order chi connectivity index (χ1) is 10.3. The van der Waals surface area contributed by atoms with Crippen molar-refractivity contribution in [2.45, 2.75) is 69.5 Å². The van der Waals surface area contributed by atoms with Crippen molar-refractivity contribution in [2.24, 2.45) is 0 Å². The Bertz CT molecular complexity index is 492. The molecule has 2 heteroatoms. The Morgan fingerprint density at radius 3 is 2.67 bits per heavy atom. The fraction of sp³-hybridized carbons (Fsp3) is 0.684. The predicted molar refractivity (Wildman–Crippen MR) is 87.6 cm³/mol. The van der Waals surface area contributed by atoms with Crippen molar-refractivity contribution in [3.8, 4) is 0 Å². The van der Waals surface area contributed by atoms with Crippen LogP contribution in [0.2, 0.25) is 0 Å². The van der Waals surface area contributed by atoms with Crippen molar-refractivity contribution in [2.75, 3.05) is 13.1 Å². The monoisotopic (exact) mass is 284 g/mol. The van der Waals surface area contributed by atoms with E-state index in [1.165, 1.54) is 51.6 Å². The second-order valence-corrected chi connectivity index (χ2v) is 7.27. The van der Waals surface area contributed by atoms with Crippen LogP contribution >= 0.6 is 0 Å². The van der Waals surface area contributed by atoms with Crippen LogP contribution < -0.4 is 5.32 Å². The number of nitrogens with one attached hydrogen (secondary N) is 1. The standard InChI is InChI=1S/C19H28N2/c1-14-10-11-18(16-7-3-2-6-15(14)16)21-13-5-9-19(21)17-8-4-12-20-17/h2-3,6-7,14,17-20H,4-5,8-13H2,1H3. The molecule has 2 nitrogen and oxygen atoms in total. The molecule has 0 aromatic heterocycles. The van der Waals surface area contributed by atoms with Gasteiger partial charge in [-0.3, -0.25) is 4.90 Å². The summed E-state index contributed by atoms with van der Waals surface area (Å²) in [4.78, 5) is 2.85. The van der Waals surface area contributed by atoms with Crippen LogP contribution in [0.15, 0.2) is 24.3 Å². The summed E-state index contributed by atoms with van der Waals surface area (Å²) in [7, 11) is 0. The summed E-state index contributed by atoms with van der Waals surface area (Å²) in [6, 6.07) is 11.4. The molecule has 3 aliphatic rings. The summed E-state index contributed by atoms with van der Waals surface area (Å²) in [5.41, 5.74) is 3.24. The molecule has 0 amide bonds. The van der Waals surface area contributed by atoms with Crippen LogP contribution in [0.3, 0.4) is 0 Å². The minimum absolute atomic E-state index is 0.673. The molecule has 1 aromatic rings. The summed E-state index contributed by atoms with van der Waals surface area (Å²) < 4.78 is 0. The van der Waals surface area contributed by atoms with Crippen molar-refractivity contribution in [3.05, 3.63) is 35.4 Å². The lowest BCUT2D eigenvalue weighted by atomic mass is 9.80. The molecule has 2 fully saturated rings. The smallest absolute Gasteiger partial charge is 0.0354 e. The van der Waals surface area contributed by atoms with Crippen molar-refractivity contribution in [1.29, 1.82) is 0 Å². The highest BCUT2D eigenvalue weighted by molar-refractivity contribution is 5.35. The van der Waals surface area contributed by atoms with Gasteiger partial charge in [0, 0.05) is 18.1 Å². The van der Waals surface area contributed by atoms with Gasteiger partial charge in [-0.1, -0.05) is 31.2 Å². The van der Waals surface area contributed by atoms with Crippen LogP contribution in [0.25, 0.3) is 0 Å². The molecule has 21 heavy (non-hydrogen) atoms. The number of benzene rings is 1. The molecule has 4 rings (SSSR count). The van der Waals surface area contributed by atoms with Crippen molar-refractivity contribution >= 4 is 0 Å². The Kier molecular flexibility index (Phi) is 3.76. The topological polar surface area (TPSA) is 15.3 Å². The largest absolute Gasteiger partial charge is 0.312 e. The van der Waals surface area contributed by atoms with E-state index in [1.54, 1.807) is 11.1 Å². The van der Waals surface area contributed by atoms with E-state index >= 15 is 0 Å². The maximum Gasteiger partial charge on any atom is 0.0354 e. The van der Waals surface area contributed by atoms with E-state index in [0.29, 0.717) is 6.04 Å². The van der Waals surface area contributed by atoms with Crippen LogP contribution in [0.5, 0.6) is 0 Å². The molecule has 114 valence electrons. The fourth-order valence-corrected chi connectivity index (χ4v) is 5.00. The highest BCUT2D eigenvalue weighted by Gasteiger charge is 2.39. The number of rotatable bonds is 2. The molecule has 4 atom stereocenters. The first-order valence-corrected chi connectivity index (χ1v) is 8.92. The third-order valence-electron chi connectivity index (χ3n) is 6.06. The van der Waals surface area contributed by atoms with Gasteiger partial charge >= 0.3 is 0 Å². The third-order valence-corrected chi connectivity index (χ3v) is 6.06. The number of likely N-dealkylation sites (tertiary alicyclic amines) is 1. The highest BCUT2D eigenvalue weighted by atomic mass is 15.2. The van der Waals surface area contributed by atoms with E-state index in [9.17, 15) is 0 Å². The molecule has 2 heterocycles. The zero-order valence-corrected chi connectivity index (χ0v) is 13.2. The van der Waals surface area contributed by atoms with Gasteiger partial charge in [-0.25, -0.2) is 0 Å². The zero-order chi connectivity index (χ0) is 14.2. The molecule has 1 aliphatic carbocycles. The molecule has 0 saturated carbocycles. The zero-order valence-electron chi connectivity index (χ0n) is 13.2. The van der Waals surface area contributed by atoms with Crippen molar-refractivity contribution < 1.29 is 0 Å². The molecule has 0 spiro atoms. The number of hydrogen-bond donors (Lipinski definition) is 1. The number of nitrogens with zero attached hydrogens (tertiary/aromatic N) is 1. The summed E-state index contributed by atoms with van der Waals surface area (Å²) in [5.74, 6) is 0.739. The Morgan fingerprint density at radius 1 is 1.00 bits per heavy atom. The second-order valence-electron chi connectivity index (χ2n) is 7.27. The summed E-state index contributed by atoms with van der Waals surface area (Å²) >= 11 is 0. The molecule has 1 aromatic carbocycles.